The van der Waals surface area contributed by atoms with Crippen LogP contribution in [0.1, 0.15) is 29.5 Å². The molecule has 10 aromatic rings. The van der Waals surface area contributed by atoms with Crippen LogP contribution in [0.15, 0.2) is 188 Å². The molecule has 0 fully saturated rings. The lowest BCUT2D eigenvalue weighted by molar-refractivity contribution is 1.08. The number of benzene rings is 10. The van der Waals surface area contributed by atoms with E-state index >= 15 is 0 Å². The van der Waals surface area contributed by atoms with Gasteiger partial charge >= 0.3 is 0 Å². The molecule has 0 saturated carbocycles. The van der Waals surface area contributed by atoms with Gasteiger partial charge in [-0.3, -0.25) is 0 Å². The minimum Gasteiger partial charge on any atom is -0.0763 e. The van der Waals surface area contributed by atoms with Gasteiger partial charge < -0.3 is 0 Å². The Labute approximate surface area is 326 Å². The third kappa shape index (κ3) is 5.22. The molecule has 0 radical (unpaired) electrons. The first-order valence-electron chi connectivity index (χ1n) is 19.7. The lowest BCUT2D eigenvalue weighted by atomic mass is 9.82. The Morgan fingerprint density at radius 1 is 0.321 bits per heavy atom. The summed E-state index contributed by atoms with van der Waals surface area (Å²) in [6, 6.07) is 69.4. The lowest BCUT2D eigenvalue weighted by Crippen LogP contribution is -2.29. The van der Waals surface area contributed by atoms with Crippen LogP contribution < -0.4 is 10.4 Å². The van der Waals surface area contributed by atoms with Gasteiger partial charge in [0, 0.05) is 0 Å². The summed E-state index contributed by atoms with van der Waals surface area (Å²) in [5.41, 5.74) is 10.4. The van der Waals surface area contributed by atoms with E-state index in [0.29, 0.717) is 0 Å². The van der Waals surface area contributed by atoms with Crippen molar-refractivity contribution < 1.29 is 0 Å². The monoisotopic (exact) mass is 710 g/mol. The molecule has 0 aliphatic heterocycles. The van der Waals surface area contributed by atoms with Crippen molar-refractivity contribution in [3.8, 4) is 22.3 Å². The second-order valence-electron chi connectivity index (χ2n) is 15.0. The zero-order chi connectivity index (χ0) is 37.0. The Bertz CT molecular complexity index is 3300. The van der Waals surface area contributed by atoms with Crippen LogP contribution in [0.25, 0.3) is 99.9 Å². The topological polar surface area (TPSA) is 0 Å². The van der Waals surface area contributed by atoms with Crippen molar-refractivity contribution in [1.29, 1.82) is 0 Å². The average Bonchev–Trinajstić information content (AvgIpc) is 3.27. The van der Waals surface area contributed by atoms with E-state index < -0.39 is 0 Å². The Morgan fingerprint density at radius 3 is 1.45 bits per heavy atom. The molecule has 0 heterocycles. The van der Waals surface area contributed by atoms with Gasteiger partial charge in [-0.05, 0) is 122 Å². The molecule has 56 heavy (non-hydrogen) atoms. The molecule has 0 bridgehead atoms. The van der Waals surface area contributed by atoms with Gasteiger partial charge in [-0.1, -0.05) is 206 Å². The van der Waals surface area contributed by atoms with E-state index in [1.807, 2.05) is 0 Å². The lowest BCUT2D eigenvalue weighted by Gasteiger charge is -2.21. The number of fused-ring (bicyclic) bond motifs is 6. The van der Waals surface area contributed by atoms with Gasteiger partial charge in [0.25, 0.3) is 0 Å². The second kappa shape index (κ2) is 13.4. The van der Waals surface area contributed by atoms with Crippen LogP contribution in [0.4, 0.5) is 0 Å². The summed E-state index contributed by atoms with van der Waals surface area (Å²) in [5.74, 6) is 0. The van der Waals surface area contributed by atoms with Crippen molar-refractivity contribution in [3.05, 3.63) is 215 Å². The molecular weight excluding hydrogens is 673 g/mol. The fraction of sp³-hybridized carbons (Fsp3) is 0.0357. The minimum absolute atomic E-state index is 1.04. The van der Waals surface area contributed by atoms with Crippen molar-refractivity contribution in [3.63, 3.8) is 0 Å². The molecule has 0 aromatic heterocycles. The van der Waals surface area contributed by atoms with E-state index in [1.54, 1.807) is 0 Å². The maximum atomic E-state index is 2.39. The van der Waals surface area contributed by atoms with Crippen LogP contribution in [0, 0.1) is 0 Å². The predicted octanol–water partition coefficient (Wildman–Crippen LogP) is 13.7. The highest BCUT2D eigenvalue weighted by Gasteiger charge is 2.20. The van der Waals surface area contributed by atoms with Gasteiger partial charge in [-0.25, -0.2) is 0 Å². The van der Waals surface area contributed by atoms with E-state index in [1.165, 1.54) is 109 Å². The highest BCUT2D eigenvalue weighted by Crippen LogP contribution is 2.45. The number of rotatable bonds is 5. The van der Waals surface area contributed by atoms with Crippen LogP contribution in [-0.2, 0) is 0 Å². The van der Waals surface area contributed by atoms with Gasteiger partial charge in [0.15, 0.2) is 0 Å². The highest BCUT2D eigenvalue weighted by atomic mass is 14.2. The standard InChI is InChI=1S/C56H38/c1-3-19-41-37(15-1)17-13-29-46(41)48-35-33-39(42-20-5-7-23-45(42)48)31-32-40-34-36-54(47-24-8-6-21-43(40)47)56-52-27-11-9-25-50(52)55(51-26-10-12-28-53(51)56)49-30-14-18-38-16-2-4-22-44(38)49/h1-13,15-29,31-36H,14,30H2. The molecule has 0 spiro atoms. The first kappa shape index (κ1) is 32.4. The molecule has 1 aliphatic carbocycles. The summed E-state index contributed by atoms with van der Waals surface area (Å²) in [5, 5.41) is 15.5. The second-order valence-corrected chi connectivity index (χ2v) is 15.0. The molecule has 10 aromatic carbocycles. The Hall–Kier alpha value is -7.02. The SMILES string of the molecule is C(=Cc1ccc(-c2c3ccccc3c(C3=c4ccccc4=CCC3)c3ccccc23)c2ccccc12)c1ccc(-c2cccc3ccccc23)c2ccccc12. The molecule has 0 amide bonds. The molecule has 0 nitrogen and oxygen atoms in total. The molecule has 0 atom stereocenters. The van der Waals surface area contributed by atoms with Crippen molar-refractivity contribution in [2.45, 2.75) is 12.8 Å². The third-order valence-corrected chi connectivity index (χ3v) is 12.0. The maximum absolute atomic E-state index is 2.39. The van der Waals surface area contributed by atoms with E-state index in [-0.39, 0.29) is 0 Å². The van der Waals surface area contributed by atoms with E-state index in [2.05, 4.69) is 206 Å². The fourth-order valence-corrected chi connectivity index (χ4v) is 9.49. The molecule has 1 aliphatic rings. The molecule has 0 N–H and O–H groups in total. The summed E-state index contributed by atoms with van der Waals surface area (Å²) in [7, 11) is 0. The van der Waals surface area contributed by atoms with Crippen molar-refractivity contribution in [2.75, 3.05) is 0 Å². The fourth-order valence-electron chi connectivity index (χ4n) is 9.49. The molecule has 0 saturated heterocycles. The van der Waals surface area contributed by atoms with E-state index in [4.69, 9.17) is 0 Å². The Morgan fingerprint density at radius 2 is 0.786 bits per heavy atom. The summed E-state index contributed by atoms with van der Waals surface area (Å²) >= 11 is 0. The summed E-state index contributed by atoms with van der Waals surface area (Å²) in [6.45, 7) is 0. The van der Waals surface area contributed by atoms with E-state index in [9.17, 15) is 0 Å². The van der Waals surface area contributed by atoms with Crippen molar-refractivity contribution in [1.82, 2.24) is 0 Å². The zero-order valence-electron chi connectivity index (χ0n) is 31.0. The smallest absolute Gasteiger partial charge is 0.00201 e. The van der Waals surface area contributed by atoms with Crippen molar-refractivity contribution in [2.24, 2.45) is 0 Å². The average molecular weight is 711 g/mol. The van der Waals surface area contributed by atoms with Crippen LogP contribution in [0.5, 0.6) is 0 Å². The quantitative estimate of drug-likeness (QED) is 0.123. The molecule has 11 rings (SSSR count). The van der Waals surface area contributed by atoms with E-state index in [0.717, 1.165) is 12.8 Å². The molecule has 0 unspecified atom stereocenters. The summed E-state index contributed by atoms with van der Waals surface area (Å²) in [6.07, 6.45) is 9.09. The third-order valence-electron chi connectivity index (χ3n) is 12.0. The molecular formula is C56H38. The Kier molecular flexibility index (Phi) is 7.74. The minimum atomic E-state index is 1.04. The highest BCUT2D eigenvalue weighted by molar-refractivity contribution is 6.22. The van der Waals surface area contributed by atoms with Crippen LogP contribution >= 0.6 is 0 Å². The largest absolute Gasteiger partial charge is 0.0763 e. The normalized spacial score (nSPS) is 12.9. The van der Waals surface area contributed by atoms with Gasteiger partial charge in [-0.15, -0.1) is 0 Å². The van der Waals surface area contributed by atoms with Crippen LogP contribution in [-0.4, -0.2) is 0 Å². The van der Waals surface area contributed by atoms with Gasteiger partial charge in [0.1, 0.15) is 0 Å². The van der Waals surface area contributed by atoms with Crippen LogP contribution in [0.2, 0.25) is 0 Å². The Balaban J connectivity index is 1.08. The predicted molar refractivity (Wildman–Crippen MR) is 242 cm³/mol. The number of hydrogen-bond acceptors (Lipinski definition) is 0. The van der Waals surface area contributed by atoms with Crippen molar-refractivity contribution >= 4 is 77.7 Å². The maximum Gasteiger partial charge on any atom is -0.00201 e. The summed E-state index contributed by atoms with van der Waals surface area (Å²) < 4.78 is 0. The van der Waals surface area contributed by atoms with Gasteiger partial charge in [0.2, 0.25) is 0 Å². The number of hydrogen-bond donors (Lipinski definition) is 0. The first-order chi connectivity index (χ1) is 27.8. The molecule has 0 heteroatoms. The molecule has 262 valence electrons. The van der Waals surface area contributed by atoms with Crippen LogP contribution in [0.3, 0.4) is 0 Å². The van der Waals surface area contributed by atoms with Gasteiger partial charge in [0.05, 0.1) is 0 Å². The first-order valence-corrected chi connectivity index (χ1v) is 19.7. The summed E-state index contributed by atoms with van der Waals surface area (Å²) in [4.78, 5) is 0. The zero-order valence-corrected chi connectivity index (χ0v) is 31.0. The van der Waals surface area contributed by atoms with Gasteiger partial charge in [-0.2, -0.15) is 0 Å².